The van der Waals surface area contributed by atoms with Crippen LogP contribution < -0.4 is 0 Å². The number of hydrogen-bond donors (Lipinski definition) is 1. The zero-order valence-electron chi connectivity index (χ0n) is 9.03. The highest BCUT2D eigenvalue weighted by Crippen LogP contribution is 2.20. The first-order valence-electron chi connectivity index (χ1n) is 5.12. The number of aliphatic hydroxyl groups is 1. The van der Waals surface area contributed by atoms with Gasteiger partial charge in [-0.1, -0.05) is 22.9 Å². The van der Waals surface area contributed by atoms with Gasteiger partial charge < -0.3 is 9.94 Å². The summed E-state index contributed by atoms with van der Waals surface area (Å²) < 4.78 is 0. The third-order valence-electron chi connectivity index (χ3n) is 2.64. The molecule has 1 aromatic rings. The molecule has 1 atom stereocenters. The third-order valence-corrected chi connectivity index (χ3v) is 2.64. The van der Waals surface area contributed by atoms with Crippen molar-refractivity contribution in [1.29, 1.82) is 0 Å². The van der Waals surface area contributed by atoms with Crippen LogP contribution in [0, 0.1) is 13.8 Å². The molecule has 3 nitrogen and oxygen atoms in total. The minimum Gasteiger partial charge on any atom is -0.392 e. The molecule has 15 heavy (non-hydrogen) atoms. The molecule has 1 unspecified atom stereocenters. The quantitative estimate of drug-likeness (QED) is 0.799. The molecule has 1 aliphatic rings. The first-order valence-corrected chi connectivity index (χ1v) is 5.12. The lowest BCUT2D eigenvalue weighted by Gasteiger charge is -2.05. The Morgan fingerprint density at radius 3 is 2.93 bits per heavy atom. The molecule has 2 rings (SSSR count). The van der Waals surface area contributed by atoms with E-state index >= 15 is 0 Å². The maximum absolute atomic E-state index is 8.96. The second-order valence-corrected chi connectivity index (χ2v) is 3.97. The first-order chi connectivity index (χ1) is 7.20. The van der Waals surface area contributed by atoms with Gasteiger partial charge in [-0.3, -0.25) is 0 Å². The summed E-state index contributed by atoms with van der Waals surface area (Å²) in [5, 5.41) is 13.0. The molecule has 1 heterocycles. The number of rotatable bonds is 2. The van der Waals surface area contributed by atoms with E-state index in [0.717, 1.165) is 11.3 Å². The predicted molar refractivity (Wildman–Crippen MR) is 59.0 cm³/mol. The molecule has 0 saturated heterocycles. The molecule has 80 valence electrons. The molecule has 1 N–H and O–H groups in total. The van der Waals surface area contributed by atoms with Crippen molar-refractivity contribution >= 4 is 5.71 Å². The Morgan fingerprint density at radius 2 is 2.27 bits per heavy atom. The van der Waals surface area contributed by atoms with Gasteiger partial charge in [-0.2, -0.15) is 0 Å². The number of aryl methyl sites for hydroxylation is 2. The van der Waals surface area contributed by atoms with Crippen LogP contribution in [0.3, 0.4) is 0 Å². The van der Waals surface area contributed by atoms with Gasteiger partial charge in [0.15, 0.2) is 6.10 Å². The van der Waals surface area contributed by atoms with E-state index in [0.29, 0.717) is 6.42 Å². The van der Waals surface area contributed by atoms with E-state index in [1.807, 2.05) is 0 Å². The Labute approximate surface area is 89.4 Å². The van der Waals surface area contributed by atoms with Gasteiger partial charge in [-0.05, 0) is 25.5 Å². The van der Waals surface area contributed by atoms with Crippen molar-refractivity contribution in [1.82, 2.24) is 0 Å². The minimum atomic E-state index is -0.167. The Bertz CT molecular complexity index is 399. The van der Waals surface area contributed by atoms with E-state index in [-0.39, 0.29) is 12.7 Å². The molecule has 1 aliphatic heterocycles. The maximum atomic E-state index is 8.96. The van der Waals surface area contributed by atoms with Gasteiger partial charge >= 0.3 is 0 Å². The average molecular weight is 205 g/mol. The standard InChI is InChI=1S/C12H15NO2/c1-8-3-4-9(2)11(5-8)12-6-10(7-14)15-13-12/h3-5,10,14H,6-7H2,1-2H3. The van der Waals surface area contributed by atoms with Gasteiger partial charge in [0.05, 0.1) is 12.3 Å². The fourth-order valence-corrected chi connectivity index (χ4v) is 1.73. The van der Waals surface area contributed by atoms with Crippen LogP contribution in [-0.4, -0.2) is 23.5 Å². The normalized spacial score (nSPS) is 19.9. The van der Waals surface area contributed by atoms with Crippen LogP contribution >= 0.6 is 0 Å². The Kier molecular flexibility index (Phi) is 2.73. The molecule has 0 aliphatic carbocycles. The molecular formula is C12H15NO2. The zero-order chi connectivity index (χ0) is 10.8. The zero-order valence-corrected chi connectivity index (χ0v) is 9.03. The van der Waals surface area contributed by atoms with E-state index < -0.39 is 0 Å². The van der Waals surface area contributed by atoms with Gasteiger partial charge in [-0.25, -0.2) is 0 Å². The largest absolute Gasteiger partial charge is 0.392 e. The average Bonchev–Trinajstić information content (AvgIpc) is 2.70. The summed E-state index contributed by atoms with van der Waals surface area (Å²) in [6.45, 7) is 4.14. The smallest absolute Gasteiger partial charge is 0.156 e. The van der Waals surface area contributed by atoms with Crippen LogP contribution in [0.15, 0.2) is 23.4 Å². The van der Waals surface area contributed by atoms with Crippen LogP contribution in [0.1, 0.15) is 23.1 Å². The van der Waals surface area contributed by atoms with Crippen molar-refractivity contribution in [2.45, 2.75) is 26.4 Å². The van der Waals surface area contributed by atoms with Crippen LogP contribution in [0.4, 0.5) is 0 Å². The number of benzene rings is 1. The van der Waals surface area contributed by atoms with Gasteiger partial charge in [0.1, 0.15) is 0 Å². The number of hydrogen-bond acceptors (Lipinski definition) is 3. The predicted octanol–water partition coefficient (Wildman–Crippen LogP) is 1.79. The highest BCUT2D eigenvalue weighted by molar-refractivity contribution is 6.02. The van der Waals surface area contributed by atoms with E-state index in [1.54, 1.807) is 0 Å². The lowest BCUT2D eigenvalue weighted by Crippen LogP contribution is -2.13. The molecule has 0 spiro atoms. The maximum Gasteiger partial charge on any atom is 0.156 e. The van der Waals surface area contributed by atoms with Crippen molar-refractivity contribution in [3.8, 4) is 0 Å². The van der Waals surface area contributed by atoms with E-state index in [2.05, 4.69) is 37.2 Å². The molecule has 0 amide bonds. The summed E-state index contributed by atoms with van der Waals surface area (Å²) in [6.07, 6.45) is 0.528. The number of nitrogens with zero attached hydrogens (tertiary/aromatic N) is 1. The molecule has 1 aromatic carbocycles. The fourth-order valence-electron chi connectivity index (χ4n) is 1.73. The molecule has 0 saturated carbocycles. The van der Waals surface area contributed by atoms with Crippen molar-refractivity contribution < 1.29 is 9.94 Å². The summed E-state index contributed by atoms with van der Waals surface area (Å²) in [6, 6.07) is 6.27. The lowest BCUT2D eigenvalue weighted by molar-refractivity contribution is 0.0390. The molecule has 0 bridgehead atoms. The fraction of sp³-hybridized carbons (Fsp3) is 0.417. The van der Waals surface area contributed by atoms with Crippen LogP contribution in [0.5, 0.6) is 0 Å². The highest BCUT2D eigenvalue weighted by Gasteiger charge is 2.22. The Hall–Kier alpha value is -1.35. The Morgan fingerprint density at radius 1 is 1.47 bits per heavy atom. The van der Waals surface area contributed by atoms with Crippen molar-refractivity contribution in [2.75, 3.05) is 6.61 Å². The van der Waals surface area contributed by atoms with Gasteiger partial charge in [0.25, 0.3) is 0 Å². The topological polar surface area (TPSA) is 41.8 Å². The molecule has 0 radical (unpaired) electrons. The van der Waals surface area contributed by atoms with Crippen LogP contribution in [-0.2, 0) is 4.84 Å². The lowest BCUT2D eigenvalue weighted by atomic mass is 9.98. The van der Waals surface area contributed by atoms with Crippen molar-refractivity contribution in [2.24, 2.45) is 5.16 Å². The molecular weight excluding hydrogens is 190 g/mol. The molecule has 3 heteroatoms. The van der Waals surface area contributed by atoms with Crippen molar-refractivity contribution in [3.05, 3.63) is 34.9 Å². The minimum absolute atomic E-state index is 0.0257. The molecule has 0 fully saturated rings. The Balaban J connectivity index is 2.27. The monoisotopic (exact) mass is 205 g/mol. The van der Waals surface area contributed by atoms with E-state index in [1.165, 1.54) is 11.1 Å². The van der Waals surface area contributed by atoms with Crippen LogP contribution in [0.25, 0.3) is 0 Å². The van der Waals surface area contributed by atoms with E-state index in [9.17, 15) is 0 Å². The summed E-state index contributed by atoms with van der Waals surface area (Å²) in [7, 11) is 0. The van der Waals surface area contributed by atoms with Crippen LogP contribution in [0.2, 0.25) is 0 Å². The SMILES string of the molecule is Cc1ccc(C)c(C2=NOC(CO)C2)c1. The first kappa shape index (κ1) is 10.2. The summed E-state index contributed by atoms with van der Waals surface area (Å²) in [5.74, 6) is 0. The van der Waals surface area contributed by atoms with Gasteiger partial charge in [-0.15, -0.1) is 0 Å². The highest BCUT2D eigenvalue weighted by atomic mass is 16.6. The van der Waals surface area contributed by atoms with Gasteiger partial charge in [0, 0.05) is 12.0 Å². The number of oxime groups is 1. The van der Waals surface area contributed by atoms with E-state index in [4.69, 9.17) is 9.94 Å². The summed E-state index contributed by atoms with van der Waals surface area (Å²) in [4.78, 5) is 5.10. The van der Waals surface area contributed by atoms with Crippen molar-refractivity contribution in [3.63, 3.8) is 0 Å². The second-order valence-electron chi connectivity index (χ2n) is 3.97. The third kappa shape index (κ3) is 2.02. The summed E-state index contributed by atoms with van der Waals surface area (Å²) in [5.41, 5.74) is 4.48. The summed E-state index contributed by atoms with van der Waals surface area (Å²) >= 11 is 0. The van der Waals surface area contributed by atoms with Gasteiger partial charge in [0.2, 0.25) is 0 Å². The molecule has 0 aromatic heterocycles. The number of aliphatic hydroxyl groups excluding tert-OH is 1. The second kappa shape index (κ2) is 4.03.